The maximum atomic E-state index is 11.9. The van der Waals surface area contributed by atoms with Crippen LogP contribution in [0.2, 0.25) is 0 Å². The minimum atomic E-state index is -0.651. The minimum absolute atomic E-state index is 0. The van der Waals surface area contributed by atoms with E-state index in [1.165, 1.54) is 7.11 Å². The lowest BCUT2D eigenvalue weighted by atomic mass is 10.0. The van der Waals surface area contributed by atoms with Crippen molar-refractivity contribution in [3.8, 4) is 11.1 Å². The molecular weight excluding hydrogens is 349 g/mol. The second-order valence-corrected chi connectivity index (χ2v) is 5.16. The predicted molar refractivity (Wildman–Crippen MR) is 101 cm³/mol. The molecule has 24 heavy (non-hydrogen) atoms. The van der Waals surface area contributed by atoms with Gasteiger partial charge in [-0.15, -0.1) is 24.8 Å². The minimum Gasteiger partial charge on any atom is -0.383 e. The van der Waals surface area contributed by atoms with E-state index in [2.05, 4.69) is 10.3 Å². The number of pyridine rings is 1. The molecule has 132 valence electrons. The van der Waals surface area contributed by atoms with Crippen molar-refractivity contribution in [3.63, 3.8) is 0 Å². The second-order valence-electron chi connectivity index (χ2n) is 5.16. The Kier molecular flexibility index (Phi) is 10.2. The summed E-state index contributed by atoms with van der Waals surface area (Å²) in [5.41, 5.74) is 8.88. The Balaban J connectivity index is 0.00000264. The quantitative estimate of drug-likeness (QED) is 0.818. The van der Waals surface area contributed by atoms with E-state index >= 15 is 0 Å². The normalized spacial score (nSPS) is 12.3. The number of nitrogens with zero attached hydrogens (tertiary/aromatic N) is 1. The topological polar surface area (TPSA) is 77.2 Å². The largest absolute Gasteiger partial charge is 0.383 e. The number of benzene rings is 1. The molecule has 0 radical (unpaired) electrons. The summed E-state index contributed by atoms with van der Waals surface area (Å²) >= 11 is 0. The highest BCUT2D eigenvalue weighted by Gasteiger charge is 2.16. The number of amides is 1. The second kappa shape index (κ2) is 11.0. The van der Waals surface area contributed by atoms with Crippen LogP contribution in [-0.2, 0) is 9.53 Å². The van der Waals surface area contributed by atoms with Crippen molar-refractivity contribution >= 4 is 30.7 Å². The zero-order valence-electron chi connectivity index (χ0n) is 13.6. The van der Waals surface area contributed by atoms with Crippen molar-refractivity contribution in [1.82, 2.24) is 10.3 Å². The van der Waals surface area contributed by atoms with Gasteiger partial charge in [-0.1, -0.05) is 30.3 Å². The first-order valence-corrected chi connectivity index (χ1v) is 7.17. The van der Waals surface area contributed by atoms with E-state index in [-0.39, 0.29) is 43.4 Å². The average molecular weight is 372 g/mol. The third-order valence-corrected chi connectivity index (χ3v) is 3.45. The third-order valence-electron chi connectivity index (χ3n) is 3.45. The molecule has 1 heterocycles. The number of ether oxygens (including phenoxy) is 1. The van der Waals surface area contributed by atoms with E-state index in [9.17, 15) is 4.79 Å². The van der Waals surface area contributed by atoms with Crippen LogP contribution in [0.4, 0.5) is 0 Å². The van der Waals surface area contributed by atoms with E-state index in [1.54, 1.807) is 6.20 Å². The molecule has 7 heteroatoms. The van der Waals surface area contributed by atoms with Gasteiger partial charge in [0.1, 0.15) is 6.04 Å². The number of halogens is 2. The Morgan fingerprint density at radius 1 is 1.21 bits per heavy atom. The first-order valence-electron chi connectivity index (χ1n) is 7.17. The molecule has 3 N–H and O–H groups in total. The molecule has 2 rings (SSSR count). The van der Waals surface area contributed by atoms with Crippen LogP contribution >= 0.6 is 24.8 Å². The summed E-state index contributed by atoms with van der Waals surface area (Å²) in [5, 5.41) is 2.88. The van der Waals surface area contributed by atoms with Crippen LogP contribution in [0, 0.1) is 0 Å². The molecule has 0 saturated heterocycles. The van der Waals surface area contributed by atoms with E-state index in [0.29, 0.717) is 0 Å². The van der Waals surface area contributed by atoms with Crippen LogP contribution in [0.1, 0.15) is 18.5 Å². The SMILES string of the molecule is COCC(N)C(=O)NC(C)c1ccc(-c2cccnc2)cc1.Cl.Cl. The maximum Gasteiger partial charge on any atom is 0.239 e. The summed E-state index contributed by atoms with van der Waals surface area (Å²) in [7, 11) is 1.52. The number of hydrogen-bond donors (Lipinski definition) is 2. The summed E-state index contributed by atoms with van der Waals surface area (Å²) in [6.45, 7) is 2.13. The Morgan fingerprint density at radius 2 is 1.88 bits per heavy atom. The molecular formula is C17H23Cl2N3O2. The van der Waals surface area contributed by atoms with E-state index in [4.69, 9.17) is 10.5 Å². The summed E-state index contributed by atoms with van der Waals surface area (Å²) in [6.07, 6.45) is 3.57. The van der Waals surface area contributed by atoms with E-state index in [0.717, 1.165) is 16.7 Å². The average Bonchev–Trinajstić information content (AvgIpc) is 2.56. The standard InChI is InChI=1S/C17H21N3O2.2ClH/c1-12(20-17(21)16(18)11-22-2)13-5-7-14(8-6-13)15-4-3-9-19-10-15;;/h3-10,12,16H,11,18H2,1-2H3,(H,20,21);2*1H. The van der Waals surface area contributed by atoms with Crippen molar-refractivity contribution in [3.05, 3.63) is 54.4 Å². The molecule has 2 unspecified atom stereocenters. The van der Waals surface area contributed by atoms with Crippen LogP contribution in [0.5, 0.6) is 0 Å². The van der Waals surface area contributed by atoms with Gasteiger partial charge < -0.3 is 15.8 Å². The number of hydrogen-bond acceptors (Lipinski definition) is 4. The number of nitrogens with one attached hydrogen (secondary N) is 1. The lowest BCUT2D eigenvalue weighted by Gasteiger charge is -2.17. The molecule has 2 aromatic rings. The van der Waals surface area contributed by atoms with Gasteiger partial charge in [0.15, 0.2) is 0 Å². The van der Waals surface area contributed by atoms with Crippen LogP contribution in [0.25, 0.3) is 11.1 Å². The summed E-state index contributed by atoms with van der Waals surface area (Å²) < 4.78 is 4.89. The van der Waals surface area contributed by atoms with Gasteiger partial charge in [-0.2, -0.15) is 0 Å². The van der Waals surface area contributed by atoms with Crippen LogP contribution in [0.15, 0.2) is 48.8 Å². The van der Waals surface area contributed by atoms with Crippen molar-refractivity contribution in [2.24, 2.45) is 5.73 Å². The lowest BCUT2D eigenvalue weighted by molar-refractivity contribution is -0.124. The fourth-order valence-corrected chi connectivity index (χ4v) is 2.16. The highest BCUT2D eigenvalue weighted by Crippen LogP contribution is 2.21. The van der Waals surface area contributed by atoms with Gasteiger partial charge in [0, 0.05) is 19.5 Å². The molecule has 5 nitrogen and oxygen atoms in total. The molecule has 0 aliphatic heterocycles. The molecule has 1 amide bonds. The molecule has 0 aliphatic rings. The number of nitrogens with two attached hydrogens (primary N) is 1. The molecule has 2 atom stereocenters. The van der Waals surface area contributed by atoms with E-state index < -0.39 is 6.04 Å². The van der Waals surface area contributed by atoms with Crippen molar-refractivity contribution in [2.45, 2.75) is 19.0 Å². The van der Waals surface area contributed by atoms with E-state index in [1.807, 2.05) is 49.5 Å². The van der Waals surface area contributed by atoms with Crippen LogP contribution < -0.4 is 11.1 Å². The zero-order valence-corrected chi connectivity index (χ0v) is 15.3. The predicted octanol–water partition coefficient (Wildman–Crippen LogP) is 2.74. The number of carbonyl (C=O) groups is 1. The Morgan fingerprint density at radius 3 is 2.42 bits per heavy atom. The van der Waals surface area contributed by atoms with Crippen molar-refractivity contribution < 1.29 is 9.53 Å². The number of methoxy groups -OCH3 is 1. The smallest absolute Gasteiger partial charge is 0.239 e. The van der Waals surface area contributed by atoms with Gasteiger partial charge in [-0.25, -0.2) is 0 Å². The van der Waals surface area contributed by atoms with Crippen LogP contribution in [-0.4, -0.2) is 30.6 Å². The molecule has 0 saturated carbocycles. The Bertz CT molecular complexity index is 609. The molecule has 1 aromatic heterocycles. The highest BCUT2D eigenvalue weighted by atomic mass is 35.5. The molecule has 0 bridgehead atoms. The molecule has 0 fully saturated rings. The van der Waals surface area contributed by atoms with Gasteiger partial charge in [0.25, 0.3) is 0 Å². The molecule has 0 aliphatic carbocycles. The fourth-order valence-electron chi connectivity index (χ4n) is 2.16. The molecule has 0 spiro atoms. The zero-order chi connectivity index (χ0) is 15.9. The van der Waals surface area contributed by atoms with Gasteiger partial charge in [-0.3, -0.25) is 9.78 Å². The number of carbonyl (C=O) groups excluding carboxylic acids is 1. The van der Waals surface area contributed by atoms with Crippen molar-refractivity contribution in [1.29, 1.82) is 0 Å². The van der Waals surface area contributed by atoms with Gasteiger partial charge in [-0.05, 0) is 29.7 Å². The highest BCUT2D eigenvalue weighted by molar-refractivity contribution is 5.85. The number of aromatic nitrogens is 1. The first-order chi connectivity index (χ1) is 10.6. The summed E-state index contributed by atoms with van der Waals surface area (Å²) in [5.74, 6) is -0.217. The summed E-state index contributed by atoms with van der Waals surface area (Å²) in [6, 6.07) is 11.2. The van der Waals surface area contributed by atoms with Crippen molar-refractivity contribution in [2.75, 3.05) is 13.7 Å². The number of rotatable bonds is 6. The third kappa shape index (κ3) is 6.09. The van der Waals surface area contributed by atoms with Gasteiger partial charge in [0.05, 0.1) is 12.6 Å². The van der Waals surface area contributed by atoms with Gasteiger partial charge in [0.2, 0.25) is 5.91 Å². The van der Waals surface area contributed by atoms with Gasteiger partial charge >= 0.3 is 0 Å². The molecule has 1 aromatic carbocycles. The Hall–Kier alpha value is -1.66. The Labute approximate surface area is 154 Å². The summed E-state index contributed by atoms with van der Waals surface area (Å²) in [4.78, 5) is 16.0. The monoisotopic (exact) mass is 371 g/mol. The van der Waals surface area contributed by atoms with Crippen LogP contribution in [0.3, 0.4) is 0 Å². The fraction of sp³-hybridized carbons (Fsp3) is 0.294. The lowest BCUT2D eigenvalue weighted by Crippen LogP contribution is -2.44. The first kappa shape index (κ1) is 22.3. The maximum absolute atomic E-state index is 11.9.